The molecular weight excluding hydrogens is 588 g/mol. The zero-order chi connectivity index (χ0) is 33.9. The largest absolute Gasteiger partial charge is 0.480 e. The molecule has 5 rings (SSSR count). The van der Waals surface area contributed by atoms with Crippen LogP contribution in [0.25, 0.3) is 0 Å². The third-order valence-corrected chi connectivity index (χ3v) is 13.5. The maximum Gasteiger partial charge on any atom is 0.317 e. The number of carboxylic acid groups (broad SMARTS) is 1. The van der Waals surface area contributed by atoms with Crippen LogP contribution in [0.5, 0.6) is 0 Å². The van der Waals surface area contributed by atoms with Crippen LogP contribution in [0.2, 0.25) is 0 Å². The van der Waals surface area contributed by atoms with Gasteiger partial charge in [0.25, 0.3) is 0 Å². The summed E-state index contributed by atoms with van der Waals surface area (Å²) in [4.78, 5) is 13.6. The van der Waals surface area contributed by atoms with Gasteiger partial charge in [0, 0.05) is 7.11 Å². The predicted octanol–water partition coefficient (Wildman–Crippen LogP) is 4.77. The average Bonchev–Trinajstić information content (AvgIpc) is 3.26. The lowest BCUT2D eigenvalue weighted by molar-refractivity contribution is -0.313. The number of methoxy groups -OCH3 is 1. The van der Waals surface area contributed by atoms with E-state index in [1.807, 2.05) is 0 Å². The minimum atomic E-state index is -1.36. The van der Waals surface area contributed by atoms with Gasteiger partial charge in [-0.15, -0.1) is 0 Å². The molecule has 0 bridgehead atoms. The van der Waals surface area contributed by atoms with E-state index in [9.17, 15) is 30.3 Å². The molecule has 0 aromatic carbocycles. The maximum absolute atomic E-state index is 13.6. The van der Waals surface area contributed by atoms with Crippen LogP contribution < -0.4 is 0 Å². The van der Waals surface area contributed by atoms with Gasteiger partial charge in [-0.1, -0.05) is 64.5 Å². The Morgan fingerprint density at radius 2 is 1.76 bits per heavy atom. The van der Waals surface area contributed by atoms with Crippen molar-refractivity contribution in [2.45, 2.75) is 135 Å². The summed E-state index contributed by atoms with van der Waals surface area (Å²) in [5.74, 6) is -0.102. The number of hydrogen-bond acceptors (Lipinski definition) is 8. The first-order valence-electron chi connectivity index (χ1n) is 17.4. The molecule has 2 saturated carbocycles. The standard InChI is InChI=1S/C37H58O9/c1-19(2)20(3)9-10-21(4)26-17-29(39)37(34(42)43)25-12-11-23-22(5)27(14-15-35(23,6)24(25)13-16-36(26,37)7)45-33-31(41)30(40)32(44-8)28(18-38)46-33/h19,21,23,26-33,38-41H,3,5,9-18H2,1-2,4,6-8H3,(H,42,43)/t21-,23+,26-,27+,28+,29-,30+,31+,32+,33-,35+,36-,37-/m1/s1. The highest BCUT2D eigenvalue weighted by atomic mass is 16.7. The van der Waals surface area contributed by atoms with Crippen molar-refractivity contribution < 1.29 is 44.5 Å². The highest BCUT2D eigenvalue weighted by Crippen LogP contribution is 2.72. The summed E-state index contributed by atoms with van der Waals surface area (Å²) >= 11 is 0. The SMILES string of the molecule is C=C(CC[C@@H](C)[C@H]1C[C@@H](O)[C@@]2(C(=O)O)C3=C(CC[C@]12C)[C@@]1(C)CC[C@H](O[C@@H]2O[C@@H](CO)[C@H](OC)[C@@H](O)[C@@H]2O)C(=C)[C@@H]1CC3)C(C)C. The predicted molar refractivity (Wildman–Crippen MR) is 174 cm³/mol. The number of ether oxygens (including phenoxy) is 3. The summed E-state index contributed by atoms with van der Waals surface area (Å²) in [6.45, 7) is 19.2. The Hall–Kier alpha value is -1.59. The first-order chi connectivity index (χ1) is 21.6. The lowest BCUT2D eigenvalue weighted by Crippen LogP contribution is -2.61. The van der Waals surface area contributed by atoms with Crippen LogP contribution in [-0.2, 0) is 19.0 Å². The van der Waals surface area contributed by atoms with Crippen molar-refractivity contribution in [2.24, 2.45) is 39.9 Å². The highest BCUT2D eigenvalue weighted by molar-refractivity contribution is 5.83. The molecule has 5 aliphatic rings. The Morgan fingerprint density at radius 1 is 1.07 bits per heavy atom. The molecular formula is C37H58O9. The van der Waals surface area contributed by atoms with Crippen molar-refractivity contribution in [3.05, 3.63) is 35.5 Å². The average molecular weight is 647 g/mol. The first-order valence-corrected chi connectivity index (χ1v) is 17.4. The van der Waals surface area contributed by atoms with E-state index in [0.29, 0.717) is 38.0 Å². The fourth-order valence-electron chi connectivity index (χ4n) is 10.7. The van der Waals surface area contributed by atoms with E-state index in [2.05, 4.69) is 47.8 Å². The summed E-state index contributed by atoms with van der Waals surface area (Å²) in [5, 5.41) is 54.2. The molecule has 9 nitrogen and oxygen atoms in total. The molecule has 1 aliphatic heterocycles. The normalized spacial score (nSPS) is 44.8. The number of aliphatic hydroxyl groups excluding tert-OH is 4. The molecule has 0 spiro atoms. The lowest BCUT2D eigenvalue weighted by Gasteiger charge is -2.59. The molecule has 5 N–H and O–H groups in total. The Balaban J connectivity index is 1.40. The Labute approximate surface area is 274 Å². The van der Waals surface area contributed by atoms with E-state index in [-0.39, 0.29) is 23.2 Å². The quantitative estimate of drug-likeness (QED) is 0.212. The number of carbonyl (C=O) groups is 1. The van der Waals surface area contributed by atoms with Gasteiger partial charge >= 0.3 is 5.97 Å². The summed E-state index contributed by atoms with van der Waals surface area (Å²) < 4.78 is 17.4. The summed E-state index contributed by atoms with van der Waals surface area (Å²) in [6.07, 6.45) is -0.457. The topological polar surface area (TPSA) is 146 Å². The molecule has 9 heteroatoms. The number of aliphatic carboxylic acids is 1. The second-order valence-corrected chi connectivity index (χ2v) is 15.8. The van der Waals surface area contributed by atoms with Gasteiger partial charge < -0.3 is 39.7 Å². The first kappa shape index (κ1) is 35.7. The zero-order valence-electron chi connectivity index (χ0n) is 28.7. The third kappa shape index (κ3) is 5.28. The zero-order valence-corrected chi connectivity index (χ0v) is 28.7. The number of carboxylic acids is 1. The van der Waals surface area contributed by atoms with E-state index in [1.54, 1.807) is 0 Å². The van der Waals surface area contributed by atoms with Crippen LogP contribution >= 0.6 is 0 Å². The van der Waals surface area contributed by atoms with E-state index in [0.717, 1.165) is 36.8 Å². The maximum atomic E-state index is 13.6. The molecule has 0 aromatic rings. The summed E-state index contributed by atoms with van der Waals surface area (Å²) in [7, 11) is 1.39. The number of fused-ring (bicyclic) bond motifs is 4. The molecule has 0 aromatic heterocycles. The second kappa shape index (κ2) is 13.0. The number of hydrogen-bond donors (Lipinski definition) is 5. The van der Waals surface area contributed by atoms with Crippen LogP contribution in [0.15, 0.2) is 35.5 Å². The number of allylic oxidation sites excluding steroid dienone is 2. The lowest BCUT2D eigenvalue weighted by atomic mass is 9.45. The van der Waals surface area contributed by atoms with Gasteiger partial charge in [-0.2, -0.15) is 0 Å². The second-order valence-electron chi connectivity index (χ2n) is 15.8. The minimum absolute atomic E-state index is 0.0292. The molecule has 0 unspecified atom stereocenters. The Kier molecular flexibility index (Phi) is 10.1. The van der Waals surface area contributed by atoms with Crippen molar-refractivity contribution >= 4 is 5.97 Å². The van der Waals surface area contributed by atoms with Crippen LogP contribution in [0, 0.1) is 39.9 Å². The van der Waals surface area contributed by atoms with Gasteiger partial charge in [-0.25, -0.2) is 0 Å². The molecule has 1 saturated heterocycles. The van der Waals surface area contributed by atoms with Crippen LogP contribution in [0.1, 0.15) is 92.4 Å². The number of aliphatic hydroxyl groups is 4. The van der Waals surface area contributed by atoms with Crippen LogP contribution in [0.4, 0.5) is 0 Å². The fourth-order valence-corrected chi connectivity index (χ4v) is 10.7. The van der Waals surface area contributed by atoms with Crippen molar-refractivity contribution in [1.29, 1.82) is 0 Å². The third-order valence-electron chi connectivity index (χ3n) is 13.5. The smallest absolute Gasteiger partial charge is 0.317 e. The molecule has 0 amide bonds. The Bertz CT molecular complexity index is 1230. The summed E-state index contributed by atoms with van der Waals surface area (Å²) in [5.41, 5.74) is 2.01. The van der Waals surface area contributed by atoms with E-state index in [4.69, 9.17) is 14.2 Å². The van der Waals surface area contributed by atoms with E-state index in [1.165, 1.54) is 18.3 Å². The molecule has 0 radical (unpaired) electrons. The van der Waals surface area contributed by atoms with E-state index < -0.39 is 66.3 Å². The monoisotopic (exact) mass is 646 g/mol. The van der Waals surface area contributed by atoms with E-state index >= 15 is 0 Å². The van der Waals surface area contributed by atoms with Gasteiger partial charge in [0.15, 0.2) is 6.29 Å². The van der Waals surface area contributed by atoms with Gasteiger partial charge in [-0.3, -0.25) is 4.79 Å². The molecule has 46 heavy (non-hydrogen) atoms. The fraction of sp³-hybridized carbons (Fsp3) is 0.811. The molecule has 3 fully saturated rings. The van der Waals surface area contributed by atoms with Gasteiger partial charge in [0.1, 0.15) is 29.8 Å². The van der Waals surface area contributed by atoms with Crippen molar-refractivity contribution in [3.8, 4) is 0 Å². The minimum Gasteiger partial charge on any atom is -0.480 e. The van der Waals surface area contributed by atoms with Crippen LogP contribution in [-0.4, -0.2) is 88.1 Å². The Morgan fingerprint density at radius 3 is 2.37 bits per heavy atom. The van der Waals surface area contributed by atoms with Gasteiger partial charge in [-0.05, 0) is 97.9 Å². The van der Waals surface area contributed by atoms with Gasteiger partial charge in [0.05, 0.1) is 18.8 Å². The molecule has 4 aliphatic carbocycles. The summed E-state index contributed by atoms with van der Waals surface area (Å²) in [6, 6.07) is 0. The van der Waals surface area contributed by atoms with Crippen molar-refractivity contribution in [2.75, 3.05) is 13.7 Å². The van der Waals surface area contributed by atoms with Crippen molar-refractivity contribution in [1.82, 2.24) is 0 Å². The molecule has 260 valence electrons. The molecule has 1 heterocycles. The van der Waals surface area contributed by atoms with Crippen LogP contribution in [0.3, 0.4) is 0 Å². The number of rotatable bonds is 10. The van der Waals surface area contributed by atoms with Crippen molar-refractivity contribution in [3.63, 3.8) is 0 Å². The molecule has 13 atom stereocenters. The van der Waals surface area contributed by atoms with Gasteiger partial charge in [0.2, 0.25) is 0 Å². The highest BCUT2D eigenvalue weighted by Gasteiger charge is 2.71.